The summed E-state index contributed by atoms with van der Waals surface area (Å²) >= 11 is 0. The molecular formula is C16H26N2. The molecule has 0 radical (unpaired) electrons. The molecule has 18 heavy (non-hydrogen) atoms. The molecule has 1 aromatic rings. The predicted molar refractivity (Wildman–Crippen MR) is 77.5 cm³/mol. The van der Waals surface area contributed by atoms with Crippen LogP contribution in [0.25, 0.3) is 0 Å². The van der Waals surface area contributed by atoms with Crippen LogP contribution in [0.4, 0.5) is 0 Å². The van der Waals surface area contributed by atoms with Crippen molar-refractivity contribution in [2.75, 3.05) is 20.1 Å². The van der Waals surface area contributed by atoms with Gasteiger partial charge in [0, 0.05) is 13.1 Å². The average Bonchev–Trinajstić information content (AvgIpc) is 2.84. The van der Waals surface area contributed by atoms with Crippen LogP contribution < -0.4 is 5.73 Å². The summed E-state index contributed by atoms with van der Waals surface area (Å²) in [5.41, 5.74) is 8.54. The molecule has 2 heteroatoms. The van der Waals surface area contributed by atoms with Crippen molar-refractivity contribution in [3.05, 3.63) is 35.4 Å². The highest BCUT2D eigenvalue weighted by molar-refractivity contribution is 5.27. The van der Waals surface area contributed by atoms with Gasteiger partial charge in [-0.2, -0.15) is 0 Å². The summed E-state index contributed by atoms with van der Waals surface area (Å²) in [5.74, 6) is 0.927. The van der Waals surface area contributed by atoms with Gasteiger partial charge in [-0.3, -0.25) is 0 Å². The summed E-state index contributed by atoms with van der Waals surface area (Å²) in [6.07, 6.45) is 6.71. The third-order valence-corrected chi connectivity index (χ3v) is 4.02. The summed E-state index contributed by atoms with van der Waals surface area (Å²) in [6, 6.07) is 8.71. The maximum atomic E-state index is 5.68. The Balaban J connectivity index is 1.90. The van der Waals surface area contributed by atoms with Crippen LogP contribution in [0.1, 0.15) is 36.8 Å². The van der Waals surface area contributed by atoms with E-state index in [2.05, 4.69) is 36.2 Å². The minimum atomic E-state index is 0.739. The Kier molecular flexibility index (Phi) is 5.21. The highest BCUT2D eigenvalue weighted by Gasteiger charge is 2.17. The van der Waals surface area contributed by atoms with Crippen molar-refractivity contribution >= 4 is 0 Å². The lowest BCUT2D eigenvalue weighted by Gasteiger charge is -2.22. The molecule has 0 spiro atoms. The molecule has 0 bridgehead atoms. The third-order valence-electron chi connectivity index (χ3n) is 4.02. The number of benzene rings is 1. The van der Waals surface area contributed by atoms with Crippen LogP contribution in [0.15, 0.2) is 24.3 Å². The maximum absolute atomic E-state index is 5.68. The van der Waals surface area contributed by atoms with Crippen LogP contribution in [-0.4, -0.2) is 25.0 Å². The van der Waals surface area contributed by atoms with E-state index in [1.54, 1.807) is 0 Å². The molecule has 0 atom stereocenters. The Morgan fingerprint density at radius 3 is 2.50 bits per heavy atom. The monoisotopic (exact) mass is 246 g/mol. The van der Waals surface area contributed by atoms with Crippen molar-refractivity contribution in [3.8, 4) is 0 Å². The Hall–Kier alpha value is -0.860. The lowest BCUT2D eigenvalue weighted by molar-refractivity contribution is 0.270. The van der Waals surface area contributed by atoms with Gasteiger partial charge >= 0.3 is 0 Å². The minimum Gasteiger partial charge on any atom is -0.330 e. The first-order chi connectivity index (χ1) is 8.79. The molecule has 1 aliphatic rings. The zero-order chi connectivity index (χ0) is 12.8. The van der Waals surface area contributed by atoms with E-state index in [4.69, 9.17) is 5.73 Å². The molecular weight excluding hydrogens is 220 g/mol. The van der Waals surface area contributed by atoms with Gasteiger partial charge in [0.15, 0.2) is 0 Å². The first kappa shape index (κ1) is 13.6. The molecule has 1 aliphatic carbocycles. The van der Waals surface area contributed by atoms with E-state index in [1.807, 2.05) is 0 Å². The van der Waals surface area contributed by atoms with Crippen molar-refractivity contribution in [1.82, 2.24) is 4.90 Å². The fraction of sp³-hybridized carbons (Fsp3) is 0.625. The Morgan fingerprint density at radius 1 is 1.17 bits per heavy atom. The second-order valence-electron chi connectivity index (χ2n) is 5.65. The summed E-state index contributed by atoms with van der Waals surface area (Å²) < 4.78 is 0. The summed E-state index contributed by atoms with van der Waals surface area (Å²) in [6.45, 7) is 3.05. The topological polar surface area (TPSA) is 29.3 Å². The Bertz CT molecular complexity index is 356. The van der Waals surface area contributed by atoms with Crippen molar-refractivity contribution in [2.24, 2.45) is 11.7 Å². The molecule has 0 aliphatic heterocycles. The van der Waals surface area contributed by atoms with E-state index < -0.39 is 0 Å². The molecule has 2 nitrogen and oxygen atoms in total. The zero-order valence-electron chi connectivity index (χ0n) is 11.6. The standard InChI is InChI=1S/C16H26N2/c1-18(12-14-6-2-3-7-14)13-16-9-5-4-8-15(16)10-11-17/h4-5,8-9,14H,2-3,6-7,10-13,17H2,1H3. The first-order valence-electron chi connectivity index (χ1n) is 7.25. The van der Waals surface area contributed by atoms with Gasteiger partial charge in [0.05, 0.1) is 0 Å². The van der Waals surface area contributed by atoms with Crippen LogP contribution in [0, 0.1) is 5.92 Å². The van der Waals surface area contributed by atoms with Gasteiger partial charge in [-0.25, -0.2) is 0 Å². The molecule has 1 fully saturated rings. The largest absolute Gasteiger partial charge is 0.330 e. The highest BCUT2D eigenvalue weighted by atomic mass is 15.1. The van der Waals surface area contributed by atoms with Crippen LogP contribution in [0.2, 0.25) is 0 Å². The molecule has 1 aromatic carbocycles. The molecule has 2 rings (SSSR count). The third kappa shape index (κ3) is 3.82. The fourth-order valence-corrected chi connectivity index (χ4v) is 3.10. The van der Waals surface area contributed by atoms with E-state index in [-0.39, 0.29) is 0 Å². The van der Waals surface area contributed by atoms with Crippen LogP contribution in [-0.2, 0) is 13.0 Å². The van der Waals surface area contributed by atoms with Gasteiger partial charge in [-0.05, 0) is 49.9 Å². The number of hydrogen-bond donors (Lipinski definition) is 1. The highest BCUT2D eigenvalue weighted by Crippen LogP contribution is 2.25. The summed E-state index contributed by atoms with van der Waals surface area (Å²) in [7, 11) is 2.25. The minimum absolute atomic E-state index is 0.739. The Labute approximate surface area is 111 Å². The van der Waals surface area contributed by atoms with Crippen LogP contribution in [0.5, 0.6) is 0 Å². The SMILES string of the molecule is CN(Cc1ccccc1CCN)CC1CCCC1. The lowest BCUT2D eigenvalue weighted by atomic mass is 10.0. The van der Waals surface area contributed by atoms with Crippen molar-refractivity contribution in [1.29, 1.82) is 0 Å². The normalized spacial score (nSPS) is 16.6. The van der Waals surface area contributed by atoms with E-state index in [9.17, 15) is 0 Å². The van der Waals surface area contributed by atoms with Crippen LogP contribution >= 0.6 is 0 Å². The smallest absolute Gasteiger partial charge is 0.0233 e. The first-order valence-corrected chi connectivity index (χ1v) is 7.25. The van der Waals surface area contributed by atoms with Gasteiger partial charge < -0.3 is 10.6 Å². The van der Waals surface area contributed by atoms with E-state index in [1.165, 1.54) is 43.4 Å². The fourth-order valence-electron chi connectivity index (χ4n) is 3.10. The van der Waals surface area contributed by atoms with Crippen molar-refractivity contribution in [2.45, 2.75) is 38.6 Å². The number of nitrogens with two attached hydrogens (primary N) is 1. The molecule has 0 amide bonds. The number of rotatable bonds is 6. The molecule has 0 heterocycles. The quantitative estimate of drug-likeness (QED) is 0.836. The second-order valence-corrected chi connectivity index (χ2v) is 5.65. The molecule has 0 unspecified atom stereocenters. The molecule has 2 N–H and O–H groups in total. The Morgan fingerprint density at radius 2 is 1.83 bits per heavy atom. The van der Waals surface area contributed by atoms with Gasteiger partial charge in [-0.1, -0.05) is 37.1 Å². The van der Waals surface area contributed by atoms with Gasteiger partial charge in [-0.15, -0.1) is 0 Å². The van der Waals surface area contributed by atoms with Gasteiger partial charge in [0.1, 0.15) is 0 Å². The lowest BCUT2D eigenvalue weighted by Crippen LogP contribution is -2.24. The van der Waals surface area contributed by atoms with Crippen molar-refractivity contribution in [3.63, 3.8) is 0 Å². The van der Waals surface area contributed by atoms with Gasteiger partial charge in [0.2, 0.25) is 0 Å². The molecule has 100 valence electrons. The average molecular weight is 246 g/mol. The number of hydrogen-bond acceptors (Lipinski definition) is 2. The van der Waals surface area contributed by atoms with Gasteiger partial charge in [0.25, 0.3) is 0 Å². The van der Waals surface area contributed by atoms with Crippen LogP contribution in [0.3, 0.4) is 0 Å². The summed E-state index contributed by atoms with van der Waals surface area (Å²) in [4.78, 5) is 2.48. The molecule has 0 aromatic heterocycles. The summed E-state index contributed by atoms with van der Waals surface area (Å²) in [5, 5.41) is 0. The maximum Gasteiger partial charge on any atom is 0.0233 e. The predicted octanol–water partition coefficient (Wildman–Crippen LogP) is 2.81. The van der Waals surface area contributed by atoms with E-state index in [0.717, 1.165) is 25.4 Å². The number of nitrogens with zero attached hydrogens (tertiary/aromatic N) is 1. The molecule has 1 saturated carbocycles. The van der Waals surface area contributed by atoms with E-state index in [0.29, 0.717) is 0 Å². The van der Waals surface area contributed by atoms with Crippen molar-refractivity contribution < 1.29 is 0 Å². The van der Waals surface area contributed by atoms with E-state index >= 15 is 0 Å². The molecule has 0 saturated heterocycles. The second kappa shape index (κ2) is 6.91. The zero-order valence-corrected chi connectivity index (χ0v) is 11.6.